The summed E-state index contributed by atoms with van der Waals surface area (Å²) in [5.41, 5.74) is 4.37. The molecule has 0 radical (unpaired) electrons. The number of fused-ring (bicyclic) bond motifs is 3. The summed E-state index contributed by atoms with van der Waals surface area (Å²) >= 11 is 0. The van der Waals surface area contributed by atoms with Gasteiger partial charge in [-0.05, 0) is 53.6 Å². The van der Waals surface area contributed by atoms with Crippen molar-refractivity contribution in [3.8, 4) is 5.75 Å². The summed E-state index contributed by atoms with van der Waals surface area (Å²) < 4.78 is 12.0. The monoisotopic (exact) mass is 436 g/mol. The molecule has 5 nitrogen and oxygen atoms in total. The van der Waals surface area contributed by atoms with Gasteiger partial charge in [0.15, 0.2) is 0 Å². The summed E-state index contributed by atoms with van der Waals surface area (Å²) in [5.74, 6) is 1.58. The van der Waals surface area contributed by atoms with Crippen molar-refractivity contribution in [3.05, 3.63) is 64.7 Å². The van der Waals surface area contributed by atoms with Gasteiger partial charge >= 0.3 is 0 Å². The highest BCUT2D eigenvalue weighted by Crippen LogP contribution is 2.26. The second-order valence-electron chi connectivity index (χ2n) is 9.41. The molecule has 0 N–H and O–H groups in total. The molecule has 1 fully saturated rings. The van der Waals surface area contributed by atoms with E-state index in [2.05, 4.69) is 43.0 Å². The van der Waals surface area contributed by atoms with Crippen LogP contribution in [0.15, 0.2) is 42.5 Å². The predicted molar refractivity (Wildman–Crippen MR) is 127 cm³/mol. The fraction of sp³-hybridized carbons (Fsp3) is 0.519. The molecule has 32 heavy (non-hydrogen) atoms. The zero-order chi connectivity index (χ0) is 22.3. The second kappa shape index (κ2) is 11.0. The molecule has 1 amide bonds. The third-order valence-corrected chi connectivity index (χ3v) is 6.15. The van der Waals surface area contributed by atoms with Gasteiger partial charge in [-0.1, -0.05) is 38.1 Å². The summed E-state index contributed by atoms with van der Waals surface area (Å²) in [6.07, 6.45) is 2.94. The first-order valence-corrected chi connectivity index (χ1v) is 12.0. The van der Waals surface area contributed by atoms with Crippen LogP contribution in [0, 0.1) is 5.92 Å². The largest absolute Gasteiger partial charge is 0.491 e. The number of benzene rings is 2. The Morgan fingerprint density at radius 3 is 2.59 bits per heavy atom. The van der Waals surface area contributed by atoms with E-state index in [1.165, 1.54) is 11.1 Å². The Kier molecular flexibility index (Phi) is 7.82. The third-order valence-electron chi connectivity index (χ3n) is 6.15. The number of likely N-dealkylation sites (tertiary alicyclic amines) is 1. The van der Waals surface area contributed by atoms with E-state index in [4.69, 9.17) is 9.47 Å². The van der Waals surface area contributed by atoms with Crippen LogP contribution < -0.4 is 4.74 Å². The molecule has 0 spiro atoms. The van der Waals surface area contributed by atoms with Crippen LogP contribution in [0.4, 0.5) is 0 Å². The Balaban J connectivity index is 1.60. The van der Waals surface area contributed by atoms with E-state index in [0.717, 1.165) is 68.9 Å². The van der Waals surface area contributed by atoms with E-state index in [9.17, 15) is 4.79 Å². The lowest BCUT2D eigenvalue weighted by Gasteiger charge is -2.25. The zero-order valence-corrected chi connectivity index (χ0v) is 19.5. The lowest BCUT2D eigenvalue weighted by Crippen LogP contribution is -2.31. The fourth-order valence-corrected chi connectivity index (χ4v) is 4.67. The maximum absolute atomic E-state index is 13.0. The average Bonchev–Trinajstić information content (AvgIpc) is 3.30. The molecule has 2 bridgehead atoms. The van der Waals surface area contributed by atoms with Gasteiger partial charge < -0.3 is 14.4 Å². The molecule has 2 aromatic carbocycles. The summed E-state index contributed by atoms with van der Waals surface area (Å²) in [6, 6.07) is 14.7. The van der Waals surface area contributed by atoms with Crippen molar-refractivity contribution in [1.29, 1.82) is 0 Å². The van der Waals surface area contributed by atoms with Crippen LogP contribution in [0.5, 0.6) is 5.75 Å². The van der Waals surface area contributed by atoms with Gasteiger partial charge in [-0.2, -0.15) is 0 Å². The molecule has 5 heteroatoms. The van der Waals surface area contributed by atoms with Crippen molar-refractivity contribution in [2.75, 3.05) is 46.0 Å². The van der Waals surface area contributed by atoms with E-state index < -0.39 is 0 Å². The Morgan fingerprint density at radius 2 is 1.78 bits per heavy atom. The van der Waals surface area contributed by atoms with Crippen molar-refractivity contribution in [2.24, 2.45) is 5.92 Å². The average molecular weight is 437 g/mol. The Labute approximate surface area is 192 Å². The minimum atomic E-state index is 0.131. The fourth-order valence-electron chi connectivity index (χ4n) is 4.67. The van der Waals surface area contributed by atoms with Crippen molar-refractivity contribution < 1.29 is 14.3 Å². The Bertz CT molecular complexity index is 906. The van der Waals surface area contributed by atoms with E-state index in [0.29, 0.717) is 25.7 Å². The van der Waals surface area contributed by atoms with Gasteiger partial charge in [0.05, 0.1) is 13.2 Å². The molecule has 2 aromatic rings. The quantitative estimate of drug-likeness (QED) is 0.716. The van der Waals surface area contributed by atoms with E-state index in [-0.39, 0.29) is 5.91 Å². The molecule has 0 unspecified atom stereocenters. The predicted octanol–water partition coefficient (Wildman–Crippen LogP) is 4.38. The number of amides is 1. The van der Waals surface area contributed by atoms with Gasteiger partial charge in [0.2, 0.25) is 0 Å². The molecule has 0 aromatic heterocycles. The zero-order valence-electron chi connectivity index (χ0n) is 19.5. The van der Waals surface area contributed by atoms with Crippen molar-refractivity contribution in [2.45, 2.75) is 39.7 Å². The molecule has 4 rings (SSSR count). The summed E-state index contributed by atoms with van der Waals surface area (Å²) in [5, 5.41) is 0. The minimum Gasteiger partial charge on any atom is -0.491 e. The first-order valence-electron chi connectivity index (χ1n) is 12.0. The molecule has 0 atom stereocenters. The lowest BCUT2D eigenvalue weighted by molar-refractivity contribution is 0.0745. The van der Waals surface area contributed by atoms with Crippen LogP contribution in [0.1, 0.15) is 53.7 Å². The van der Waals surface area contributed by atoms with Crippen LogP contribution >= 0.6 is 0 Å². The highest BCUT2D eigenvalue weighted by molar-refractivity contribution is 5.94. The van der Waals surface area contributed by atoms with Crippen LogP contribution in [0.3, 0.4) is 0 Å². The first-order chi connectivity index (χ1) is 15.6. The summed E-state index contributed by atoms with van der Waals surface area (Å²) in [6.45, 7) is 10.9. The van der Waals surface area contributed by atoms with Gasteiger partial charge in [0, 0.05) is 44.7 Å². The maximum atomic E-state index is 13.0. The van der Waals surface area contributed by atoms with Gasteiger partial charge in [-0.3, -0.25) is 9.69 Å². The Morgan fingerprint density at radius 1 is 0.969 bits per heavy atom. The number of nitrogens with zero attached hydrogens (tertiary/aromatic N) is 2. The summed E-state index contributed by atoms with van der Waals surface area (Å²) in [4.78, 5) is 17.4. The van der Waals surface area contributed by atoms with Gasteiger partial charge in [-0.15, -0.1) is 0 Å². The van der Waals surface area contributed by atoms with Gasteiger partial charge in [0.25, 0.3) is 5.91 Å². The molecule has 172 valence electrons. The van der Waals surface area contributed by atoms with E-state index in [1.54, 1.807) is 0 Å². The molecule has 2 heterocycles. The third kappa shape index (κ3) is 6.11. The highest BCUT2D eigenvalue weighted by atomic mass is 16.5. The molecule has 2 aliphatic heterocycles. The van der Waals surface area contributed by atoms with Crippen LogP contribution in [-0.4, -0.2) is 61.7 Å². The van der Waals surface area contributed by atoms with Gasteiger partial charge in [-0.25, -0.2) is 0 Å². The SMILES string of the molecule is CC(C)CN1CCOCCOc2ccc(C(=O)N3CCCC3)cc2Cc2cccc(c2)C1. The number of carbonyl (C=O) groups excluding carboxylic acids is 1. The standard InChI is InChI=1S/C27H36N2O3/c1-21(2)19-28-12-13-31-14-15-32-26-9-8-24(27(30)29-10-3-4-11-29)18-25(26)17-22-6-5-7-23(16-22)20-28/h5-9,16,18,21H,3-4,10-15,17,19-20H2,1-2H3. The molecule has 0 saturated carbocycles. The minimum absolute atomic E-state index is 0.131. The number of ether oxygens (including phenoxy) is 2. The maximum Gasteiger partial charge on any atom is 0.253 e. The molecule has 1 saturated heterocycles. The first kappa shape index (κ1) is 22.8. The van der Waals surface area contributed by atoms with E-state index in [1.807, 2.05) is 23.1 Å². The summed E-state index contributed by atoms with van der Waals surface area (Å²) in [7, 11) is 0. The normalized spacial score (nSPS) is 18.2. The number of rotatable bonds is 3. The highest BCUT2D eigenvalue weighted by Gasteiger charge is 2.21. The van der Waals surface area contributed by atoms with Crippen LogP contribution in [0.2, 0.25) is 0 Å². The lowest BCUT2D eigenvalue weighted by atomic mass is 9.99. The number of hydrogen-bond acceptors (Lipinski definition) is 4. The molecule has 2 aliphatic rings. The molecular formula is C27H36N2O3. The van der Waals surface area contributed by atoms with Crippen molar-refractivity contribution >= 4 is 5.91 Å². The smallest absolute Gasteiger partial charge is 0.253 e. The molecular weight excluding hydrogens is 400 g/mol. The van der Waals surface area contributed by atoms with Gasteiger partial charge in [0.1, 0.15) is 12.4 Å². The molecule has 0 aliphatic carbocycles. The van der Waals surface area contributed by atoms with Crippen LogP contribution in [0.25, 0.3) is 0 Å². The number of hydrogen-bond donors (Lipinski definition) is 0. The Hall–Kier alpha value is -2.37. The van der Waals surface area contributed by atoms with Crippen LogP contribution in [-0.2, 0) is 17.7 Å². The van der Waals surface area contributed by atoms with Crippen molar-refractivity contribution in [1.82, 2.24) is 9.80 Å². The van der Waals surface area contributed by atoms with Crippen molar-refractivity contribution in [3.63, 3.8) is 0 Å². The second-order valence-corrected chi connectivity index (χ2v) is 9.41. The van der Waals surface area contributed by atoms with E-state index >= 15 is 0 Å². The number of carbonyl (C=O) groups is 1. The topological polar surface area (TPSA) is 42.0 Å².